The summed E-state index contributed by atoms with van der Waals surface area (Å²) in [6.07, 6.45) is 0. The second kappa shape index (κ2) is 9.19. The van der Waals surface area contributed by atoms with Gasteiger partial charge >= 0.3 is 29.6 Å². The van der Waals surface area contributed by atoms with Crippen LogP contribution in [0.5, 0.6) is 0 Å². The minimum absolute atomic E-state index is 0. The molecule has 2 rings (SSSR count). The molecule has 0 aliphatic rings. The molecule has 88 valence electrons. The summed E-state index contributed by atoms with van der Waals surface area (Å²) in [5.41, 5.74) is 0. The van der Waals surface area contributed by atoms with Crippen molar-refractivity contribution in [2.45, 2.75) is 4.90 Å². The first-order chi connectivity index (χ1) is 6.61. The summed E-state index contributed by atoms with van der Waals surface area (Å²) in [5.74, 6) is 0. The molecule has 0 aliphatic carbocycles. The molecule has 0 unspecified atom stereocenters. The third kappa shape index (κ3) is 7.41. The molecule has 0 spiro atoms. The van der Waals surface area contributed by atoms with Gasteiger partial charge in [0.1, 0.15) is 0 Å². The Labute approximate surface area is 128 Å². The Morgan fingerprint density at radius 1 is 0.938 bits per heavy atom. The summed E-state index contributed by atoms with van der Waals surface area (Å²) in [4.78, 5) is -0.164. The molecule has 6 heteroatoms. The van der Waals surface area contributed by atoms with Crippen LogP contribution in [0.15, 0.2) is 59.5 Å². The molecule has 0 atom stereocenters. The number of hydrogen-bond acceptors (Lipinski definition) is 3. The molecule has 0 bridgehead atoms. The zero-order chi connectivity index (χ0) is 10.4. The van der Waals surface area contributed by atoms with Gasteiger partial charge in [-0.05, 0) is 0 Å². The number of hydrogen-bond donors (Lipinski definition) is 0. The summed E-state index contributed by atoms with van der Waals surface area (Å²) in [6.45, 7) is 0. The van der Waals surface area contributed by atoms with Gasteiger partial charge in [-0.25, -0.2) is 12.1 Å². The van der Waals surface area contributed by atoms with Crippen LogP contribution in [-0.2, 0) is 27.2 Å². The standard InChI is InChI=1S/C5H5O3S.C5H5.Fe.Na/c6-9(7,8)5-3-1-2-4-5;1-2-4-5-3-1;;/h1-4H,(H,6,7,8);1-5H;;/q-1;-5;;+1/p-1. The molecule has 0 aromatic heterocycles. The smallest absolute Gasteiger partial charge is 0.754 e. The Bertz CT molecular complexity index is 417. The largest absolute Gasteiger partial charge is 1.00 e. The van der Waals surface area contributed by atoms with E-state index in [0.29, 0.717) is 0 Å². The molecule has 0 amide bonds. The van der Waals surface area contributed by atoms with Gasteiger partial charge in [-0.3, -0.25) is 8.42 Å². The predicted molar refractivity (Wildman–Crippen MR) is 52.0 cm³/mol. The first kappa shape index (κ1) is 18.5. The Morgan fingerprint density at radius 2 is 1.25 bits per heavy atom. The molecular weight excluding hydrogens is 279 g/mol. The molecule has 0 N–H and O–H groups in total. The Balaban J connectivity index is 0. The maximum atomic E-state index is 10.1. The van der Waals surface area contributed by atoms with E-state index in [-0.39, 0.29) is 51.5 Å². The molecular formula is C10H9FeNaO3S-6. The molecule has 0 saturated carbocycles. The van der Waals surface area contributed by atoms with E-state index in [9.17, 15) is 13.0 Å². The van der Waals surface area contributed by atoms with Crippen molar-refractivity contribution in [1.82, 2.24) is 0 Å². The van der Waals surface area contributed by atoms with Crippen LogP contribution in [-0.4, -0.2) is 13.0 Å². The normalized spacial score (nSPS) is 9.06. The second-order valence-electron chi connectivity index (χ2n) is 2.54. The van der Waals surface area contributed by atoms with Crippen molar-refractivity contribution in [1.29, 1.82) is 0 Å². The Kier molecular flexibility index (Phi) is 10.6. The topological polar surface area (TPSA) is 57.2 Å². The van der Waals surface area contributed by atoms with Gasteiger partial charge in [0.2, 0.25) is 0 Å². The van der Waals surface area contributed by atoms with Crippen molar-refractivity contribution in [3.8, 4) is 0 Å². The monoisotopic (exact) mass is 288 g/mol. The van der Waals surface area contributed by atoms with Crippen LogP contribution in [0.4, 0.5) is 0 Å². The van der Waals surface area contributed by atoms with Crippen molar-refractivity contribution in [3.63, 3.8) is 0 Å². The predicted octanol–water partition coefficient (Wildman–Crippen LogP) is -1.28. The van der Waals surface area contributed by atoms with E-state index in [0.717, 1.165) is 0 Å². The van der Waals surface area contributed by atoms with E-state index < -0.39 is 10.1 Å². The average molecular weight is 288 g/mol. The molecule has 2 aromatic carbocycles. The SMILES string of the molecule is O=S(=O)([O-])[c-]1cccc1.[Fe].[Na+].[cH-]1[cH-][cH-][cH-][cH-]1. The van der Waals surface area contributed by atoms with Crippen molar-refractivity contribution in [3.05, 3.63) is 54.6 Å². The van der Waals surface area contributed by atoms with Gasteiger partial charge in [-0.1, -0.05) is 4.90 Å². The van der Waals surface area contributed by atoms with Crippen LogP contribution in [0, 0.1) is 0 Å². The molecule has 0 fully saturated rings. The van der Waals surface area contributed by atoms with Crippen LogP contribution in [0.1, 0.15) is 0 Å². The zero-order valence-corrected chi connectivity index (χ0v) is 12.6. The van der Waals surface area contributed by atoms with Crippen LogP contribution in [0.2, 0.25) is 0 Å². The van der Waals surface area contributed by atoms with E-state index in [2.05, 4.69) is 0 Å². The fraction of sp³-hybridized carbons (Fsp3) is 0. The first-order valence-electron chi connectivity index (χ1n) is 3.95. The van der Waals surface area contributed by atoms with Gasteiger partial charge in [-0.2, -0.15) is 12.1 Å². The molecule has 0 saturated heterocycles. The van der Waals surface area contributed by atoms with Gasteiger partial charge in [0.15, 0.2) is 0 Å². The van der Waals surface area contributed by atoms with Gasteiger partial charge < -0.3 is 34.9 Å². The summed E-state index contributed by atoms with van der Waals surface area (Å²) in [5, 5.41) is 0. The Hall–Kier alpha value is 0.129. The third-order valence-corrected chi connectivity index (χ3v) is 2.33. The molecule has 16 heavy (non-hydrogen) atoms. The molecule has 0 radical (unpaired) electrons. The minimum atomic E-state index is -4.21. The van der Waals surface area contributed by atoms with E-state index >= 15 is 0 Å². The van der Waals surface area contributed by atoms with Crippen molar-refractivity contribution < 1.29 is 59.6 Å². The van der Waals surface area contributed by atoms with E-state index in [1.165, 1.54) is 24.3 Å². The van der Waals surface area contributed by atoms with E-state index in [1.54, 1.807) is 0 Å². The van der Waals surface area contributed by atoms with Crippen molar-refractivity contribution in [2.75, 3.05) is 0 Å². The van der Waals surface area contributed by atoms with Crippen molar-refractivity contribution >= 4 is 10.1 Å². The van der Waals surface area contributed by atoms with Gasteiger partial charge in [0, 0.05) is 17.1 Å². The fourth-order valence-corrected chi connectivity index (χ4v) is 1.33. The average Bonchev–Trinajstić information content (AvgIpc) is 2.80. The van der Waals surface area contributed by atoms with Crippen LogP contribution in [0.25, 0.3) is 0 Å². The van der Waals surface area contributed by atoms with Crippen LogP contribution < -0.4 is 29.6 Å². The summed E-state index contributed by atoms with van der Waals surface area (Å²) < 4.78 is 30.4. The summed E-state index contributed by atoms with van der Waals surface area (Å²) in [6, 6.07) is 15.5. The maximum Gasteiger partial charge on any atom is 1.00 e. The Morgan fingerprint density at radius 3 is 1.44 bits per heavy atom. The van der Waals surface area contributed by atoms with Crippen LogP contribution >= 0.6 is 0 Å². The van der Waals surface area contributed by atoms with E-state index in [1.807, 2.05) is 30.3 Å². The number of rotatable bonds is 1. The second-order valence-corrected chi connectivity index (χ2v) is 3.92. The fourth-order valence-electron chi connectivity index (χ4n) is 0.844. The molecule has 0 aliphatic heterocycles. The van der Waals surface area contributed by atoms with E-state index in [4.69, 9.17) is 0 Å². The zero-order valence-electron chi connectivity index (χ0n) is 8.68. The van der Waals surface area contributed by atoms with Gasteiger partial charge in [0.05, 0.1) is 10.1 Å². The summed E-state index contributed by atoms with van der Waals surface area (Å²) in [7, 11) is -4.21. The molecule has 2 aromatic rings. The summed E-state index contributed by atoms with van der Waals surface area (Å²) >= 11 is 0. The third-order valence-electron chi connectivity index (χ3n) is 1.48. The van der Waals surface area contributed by atoms with Crippen molar-refractivity contribution in [2.24, 2.45) is 0 Å². The quantitative estimate of drug-likeness (QED) is 0.373. The maximum absolute atomic E-state index is 10.1. The first-order valence-corrected chi connectivity index (χ1v) is 5.36. The minimum Gasteiger partial charge on any atom is -0.754 e. The van der Waals surface area contributed by atoms with Gasteiger partial charge in [0.25, 0.3) is 0 Å². The molecule has 0 heterocycles. The van der Waals surface area contributed by atoms with Crippen LogP contribution in [0.3, 0.4) is 0 Å². The van der Waals surface area contributed by atoms with Gasteiger partial charge in [-0.15, -0.1) is 0 Å². The molecule has 3 nitrogen and oxygen atoms in total.